The van der Waals surface area contributed by atoms with Gasteiger partial charge in [-0.15, -0.1) is 0 Å². The van der Waals surface area contributed by atoms with Gasteiger partial charge in [-0.25, -0.2) is 8.42 Å². The molecule has 0 fully saturated rings. The second kappa shape index (κ2) is 6.52. The van der Waals surface area contributed by atoms with Crippen LogP contribution in [0.25, 0.3) is 0 Å². The molecule has 4 nitrogen and oxygen atoms in total. The molecule has 0 radical (unpaired) electrons. The predicted molar refractivity (Wildman–Crippen MR) is 73.3 cm³/mol. The van der Waals surface area contributed by atoms with Gasteiger partial charge < -0.3 is 4.74 Å². The molecule has 0 saturated heterocycles. The van der Waals surface area contributed by atoms with Crippen molar-refractivity contribution in [3.05, 3.63) is 34.9 Å². The summed E-state index contributed by atoms with van der Waals surface area (Å²) in [5.74, 6) is -0.0159. The highest BCUT2D eigenvalue weighted by atomic mass is 35.5. The van der Waals surface area contributed by atoms with Crippen LogP contribution in [0, 0.1) is 0 Å². The molecule has 0 bridgehead atoms. The molecule has 1 aromatic rings. The Kier molecular flexibility index (Phi) is 5.59. The molecule has 1 rings (SSSR count). The molecule has 0 heterocycles. The fraction of sp³-hybridized carbons (Fsp3) is 0.500. The summed E-state index contributed by atoms with van der Waals surface area (Å²) < 4.78 is 30.1. The number of hydrogen-bond acceptors (Lipinski definition) is 3. The Hall–Kier alpha value is -0.620. The lowest BCUT2D eigenvalue weighted by Crippen LogP contribution is -2.33. The Morgan fingerprint density at radius 1 is 1.33 bits per heavy atom. The number of hydrogen-bond donors (Lipinski definition) is 0. The summed E-state index contributed by atoms with van der Waals surface area (Å²) in [6, 6.07) is 6.93. The molecule has 0 saturated carbocycles. The third kappa shape index (κ3) is 3.95. The molecule has 1 aromatic carbocycles. The average molecular weight is 292 g/mol. The smallest absolute Gasteiger partial charge is 0.216 e. The predicted octanol–water partition coefficient (Wildman–Crippen LogP) is 2.31. The zero-order chi connectivity index (χ0) is 13.8. The van der Waals surface area contributed by atoms with Gasteiger partial charge in [-0.3, -0.25) is 0 Å². The van der Waals surface area contributed by atoms with Crippen LogP contribution in [0.5, 0.6) is 0 Å². The van der Waals surface area contributed by atoms with E-state index >= 15 is 0 Å². The highest BCUT2D eigenvalue weighted by Crippen LogP contribution is 2.23. The van der Waals surface area contributed by atoms with E-state index < -0.39 is 10.0 Å². The molecule has 18 heavy (non-hydrogen) atoms. The van der Waals surface area contributed by atoms with Crippen LogP contribution in [0.3, 0.4) is 0 Å². The van der Waals surface area contributed by atoms with E-state index in [0.29, 0.717) is 5.02 Å². The summed E-state index contributed by atoms with van der Waals surface area (Å²) >= 11 is 5.81. The van der Waals surface area contributed by atoms with Crippen molar-refractivity contribution in [2.75, 3.05) is 26.5 Å². The first-order valence-corrected chi connectivity index (χ1v) is 7.57. The summed E-state index contributed by atoms with van der Waals surface area (Å²) in [5, 5.41) is 0.635. The maximum Gasteiger partial charge on any atom is 0.216 e. The number of benzene rings is 1. The first-order valence-electron chi connectivity index (χ1n) is 5.58. The highest BCUT2D eigenvalue weighted by molar-refractivity contribution is 7.89. The third-order valence-corrected chi connectivity index (χ3v) is 5.01. The van der Waals surface area contributed by atoms with Crippen LogP contribution >= 0.6 is 11.6 Å². The monoisotopic (exact) mass is 291 g/mol. The van der Waals surface area contributed by atoms with Gasteiger partial charge in [0.05, 0.1) is 12.4 Å². The first-order chi connectivity index (χ1) is 8.38. The Morgan fingerprint density at radius 2 is 1.89 bits per heavy atom. The number of methoxy groups -OCH3 is 1. The van der Waals surface area contributed by atoms with E-state index in [9.17, 15) is 8.42 Å². The molecule has 0 N–H and O–H groups in total. The van der Waals surface area contributed by atoms with Gasteiger partial charge in [0.2, 0.25) is 10.0 Å². The van der Waals surface area contributed by atoms with Crippen LogP contribution in [-0.4, -0.2) is 39.2 Å². The molecule has 102 valence electrons. The molecule has 1 atom stereocenters. The van der Waals surface area contributed by atoms with Crippen LogP contribution in [0.15, 0.2) is 24.3 Å². The molecule has 0 amide bonds. The van der Waals surface area contributed by atoms with E-state index in [1.807, 2.05) is 19.1 Å². The van der Waals surface area contributed by atoms with E-state index in [1.54, 1.807) is 19.2 Å². The zero-order valence-corrected chi connectivity index (χ0v) is 12.3. The fourth-order valence-corrected chi connectivity index (χ4v) is 2.92. The van der Waals surface area contributed by atoms with Gasteiger partial charge in [0.15, 0.2) is 0 Å². The minimum atomic E-state index is -3.30. The molecule has 0 aliphatic carbocycles. The van der Waals surface area contributed by atoms with Crippen molar-refractivity contribution in [2.45, 2.75) is 13.0 Å². The maximum atomic E-state index is 12.0. The Morgan fingerprint density at radius 3 is 2.39 bits per heavy atom. The summed E-state index contributed by atoms with van der Waals surface area (Å²) in [7, 11) is -0.247. The fourth-order valence-electron chi connectivity index (χ4n) is 1.52. The van der Waals surface area contributed by atoms with Crippen molar-refractivity contribution in [1.82, 2.24) is 4.31 Å². The first kappa shape index (κ1) is 15.4. The number of nitrogens with zero attached hydrogens (tertiary/aromatic N) is 1. The number of halogens is 1. The summed E-state index contributed by atoms with van der Waals surface area (Å²) in [6.45, 7) is 2.04. The van der Waals surface area contributed by atoms with Gasteiger partial charge in [0, 0.05) is 25.2 Å². The Labute approximate surface area is 114 Å². The van der Waals surface area contributed by atoms with E-state index in [4.69, 9.17) is 16.3 Å². The van der Waals surface area contributed by atoms with Crippen molar-refractivity contribution in [1.29, 1.82) is 0 Å². The average Bonchev–Trinajstić information content (AvgIpc) is 2.35. The van der Waals surface area contributed by atoms with Crippen LogP contribution in [0.4, 0.5) is 0 Å². The molecule has 0 aromatic heterocycles. The second-order valence-electron chi connectivity index (χ2n) is 4.05. The zero-order valence-electron chi connectivity index (χ0n) is 10.8. The van der Waals surface area contributed by atoms with E-state index in [2.05, 4.69) is 0 Å². The number of rotatable bonds is 6. The minimum absolute atomic E-state index is 0.0159. The topological polar surface area (TPSA) is 46.6 Å². The van der Waals surface area contributed by atoms with Gasteiger partial charge >= 0.3 is 0 Å². The van der Waals surface area contributed by atoms with Gasteiger partial charge in [-0.1, -0.05) is 23.7 Å². The van der Waals surface area contributed by atoms with E-state index in [1.165, 1.54) is 11.4 Å². The van der Waals surface area contributed by atoms with Crippen LogP contribution in [-0.2, 0) is 14.8 Å². The van der Waals surface area contributed by atoms with Crippen molar-refractivity contribution in [3.8, 4) is 0 Å². The normalized spacial score (nSPS) is 13.8. The second-order valence-corrected chi connectivity index (χ2v) is 6.64. The van der Waals surface area contributed by atoms with Gasteiger partial charge in [0.25, 0.3) is 0 Å². The lowest BCUT2D eigenvalue weighted by Gasteiger charge is -2.24. The van der Waals surface area contributed by atoms with E-state index in [-0.39, 0.29) is 18.4 Å². The molecular formula is C12H18ClNO3S. The number of ether oxygens (including phenoxy) is 1. The van der Waals surface area contributed by atoms with Crippen molar-refractivity contribution >= 4 is 21.6 Å². The van der Waals surface area contributed by atoms with Crippen molar-refractivity contribution in [3.63, 3.8) is 0 Å². The van der Waals surface area contributed by atoms with Crippen LogP contribution < -0.4 is 0 Å². The maximum absolute atomic E-state index is 12.0. The summed E-state index contributed by atoms with van der Waals surface area (Å²) in [5.41, 5.74) is 0.905. The minimum Gasteiger partial charge on any atom is -0.384 e. The summed E-state index contributed by atoms with van der Waals surface area (Å²) in [4.78, 5) is 0. The lowest BCUT2D eigenvalue weighted by molar-refractivity contribution is 0.215. The Balaban J connectivity index is 2.83. The summed E-state index contributed by atoms with van der Waals surface area (Å²) in [6.07, 6.45) is 0. The van der Waals surface area contributed by atoms with Crippen LogP contribution in [0.1, 0.15) is 18.5 Å². The standard InChI is InChI=1S/C12H18ClNO3S/c1-10(11-4-6-12(13)7-5-11)14(2)18(15,16)9-8-17-3/h4-7,10H,8-9H2,1-3H3/t10-/m1/s1. The van der Waals surface area contributed by atoms with Gasteiger partial charge in [0.1, 0.15) is 0 Å². The Bertz CT molecular complexity index is 473. The SMILES string of the molecule is COCCS(=O)(=O)N(C)[C@H](C)c1ccc(Cl)cc1. The van der Waals surface area contributed by atoms with Crippen molar-refractivity contribution in [2.24, 2.45) is 0 Å². The highest BCUT2D eigenvalue weighted by Gasteiger charge is 2.23. The molecule has 0 aliphatic rings. The molecule has 6 heteroatoms. The lowest BCUT2D eigenvalue weighted by atomic mass is 10.1. The molecular weight excluding hydrogens is 274 g/mol. The van der Waals surface area contributed by atoms with Crippen LogP contribution in [0.2, 0.25) is 5.02 Å². The number of sulfonamides is 1. The molecule has 0 aliphatic heterocycles. The van der Waals surface area contributed by atoms with Crippen molar-refractivity contribution < 1.29 is 13.2 Å². The molecule has 0 spiro atoms. The quantitative estimate of drug-likeness (QED) is 0.808. The van der Waals surface area contributed by atoms with Gasteiger partial charge in [-0.05, 0) is 24.6 Å². The van der Waals surface area contributed by atoms with Gasteiger partial charge in [-0.2, -0.15) is 4.31 Å². The molecule has 0 unspecified atom stereocenters. The largest absolute Gasteiger partial charge is 0.384 e. The third-order valence-electron chi connectivity index (χ3n) is 2.88. The van der Waals surface area contributed by atoms with E-state index in [0.717, 1.165) is 5.56 Å².